The van der Waals surface area contributed by atoms with Gasteiger partial charge in [-0.2, -0.15) is 8.78 Å². The Morgan fingerprint density at radius 1 is 1.33 bits per heavy atom. The summed E-state index contributed by atoms with van der Waals surface area (Å²) in [5, 5.41) is 4.69. The van der Waals surface area contributed by atoms with E-state index in [0.29, 0.717) is 12.8 Å². The van der Waals surface area contributed by atoms with Crippen molar-refractivity contribution in [2.24, 2.45) is 5.14 Å². The lowest BCUT2D eigenvalue weighted by molar-refractivity contribution is 0.417. The molecule has 72 valence electrons. The van der Waals surface area contributed by atoms with E-state index in [0.717, 1.165) is 6.08 Å². The van der Waals surface area contributed by atoms with Crippen molar-refractivity contribution in [1.29, 1.82) is 0 Å². The molecule has 0 aromatic rings. The van der Waals surface area contributed by atoms with Crippen LogP contribution in [0, 0.1) is 0 Å². The van der Waals surface area contributed by atoms with Crippen LogP contribution in [0.25, 0.3) is 0 Å². The van der Waals surface area contributed by atoms with Crippen molar-refractivity contribution in [2.45, 2.75) is 19.3 Å². The highest BCUT2D eigenvalue weighted by molar-refractivity contribution is 7.89. The van der Waals surface area contributed by atoms with Gasteiger partial charge in [0.25, 0.3) is 6.08 Å². The highest BCUT2D eigenvalue weighted by atomic mass is 32.2. The van der Waals surface area contributed by atoms with Gasteiger partial charge in [0.1, 0.15) is 0 Å². The minimum Gasteiger partial charge on any atom is -0.229 e. The molecule has 0 saturated heterocycles. The van der Waals surface area contributed by atoms with E-state index in [9.17, 15) is 17.2 Å². The van der Waals surface area contributed by atoms with E-state index in [4.69, 9.17) is 0 Å². The van der Waals surface area contributed by atoms with Crippen molar-refractivity contribution in [3.05, 3.63) is 12.2 Å². The number of hydrogen-bond acceptors (Lipinski definition) is 2. The quantitative estimate of drug-likeness (QED) is 0.677. The third-order valence-corrected chi connectivity index (χ3v) is 2.04. The molecule has 6 heteroatoms. The molecule has 0 rings (SSSR count). The van der Waals surface area contributed by atoms with E-state index in [-0.39, 0.29) is 12.2 Å². The summed E-state index contributed by atoms with van der Waals surface area (Å²) < 4.78 is 43.5. The van der Waals surface area contributed by atoms with Gasteiger partial charge in [-0.25, -0.2) is 13.6 Å². The van der Waals surface area contributed by atoms with Crippen LogP contribution in [-0.2, 0) is 10.0 Å². The zero-order chi connectivity index (χ0) is 9.61. The Morgan fingerprint density at radius 3 is 2.33 bits per heavy atom. The average Bonchev–Trinajstić information content (AvgIpc) is 1.83. The topological polar surface area (TPSA) is 60.2 Å². The van der Waals surface area contributed by atoms with E-state index in [2.05, 4.69) is 5.14 Å². The van der Waals surface area contributed by atoms with Gasteiger partial charge in [0, 0.05) is 0 Å². The minimum atomic E-state index is -3.43. The first kappa shape index (κ1) is 11.5. The van der Waals surface area contributed by atoms with Crippen LogP contribution >= 0.6 is 0 Å². The number of rotatable bonds is 5. The summed E-state index contributed by atoms with van der Waals surface area (Å²) >= 11 is 0. The predicted molar refractivity (Wildman–Crippen MR) is 42.1 cm³/mol. The summed E-state index contributed by atoms with van der Waals surface area (Å²) in [5.74, 6) is -0.144. The second-order valence-corrected chi connectivity index (χ2v) is 4.09. The molecule has 3 nitrogen and oxygen atoms in total. The van der Waals surface area contributed by atoms with Crippen LogP contribution in [0.4, 0.5) is 8.78 Å². The Balaban J connectivity index is 3.41. The Labute approximate surface area is 70.3 Å². The number of halogens is 2. The fourth-order valence-electron chi connectivity index (χ4n) is 0.659. The minimum absolute atomic E-state index is 0.144. The number of unbranched alkanes of at least 4 members (excludes halogenated alkanes) is 2. The highest BCUT2D eigenvalue weighted by Gasteiger charge is 2.00. The van der Waals surface area contributed by atoms with Gasteiger partial charge in [-0.15, -0.1) is 0 Å². The molecule has 0 radical (unpaired) electrons. The summed E-state index contributed by atoms with van der Waals surface area (Å²) in [6, 6.07) is 0. The van der Waals surface area contributed by atoms with Crippen LogP contribution in [-0.4, -0.2) is 14.2 Å². The molecule has 0 bridgehead atoms. The molecule has 0 aromatic carbocycles. The highest BCUT2D eigenvalue weighted by Crippen LogP contribution is 2.03. The number of allylic oxidation sites excluding steroid dienone is 1. The number of primary sulfonamides is 1. The summed E-state index contributed by atoms with van der Waals surface area (Å²) in [4.78, 5) is 0. The molecule has 0 atom stereocenters. The first-order valence-electron chi connectivity index (χ1n) is 3.43. The lowest BCUT2D eigenvalue weighted by Gasteiger charge is -1.95. The molecule has 12 heavy (non-hydrogen) atoms. The SMILES string of the molecule is NS(=O)(=O)CCCCC=C(F)F. The van der Waals surface area contributed by atoms with Crippen LogP contribution in [0.3, 0.4) is 0 Å². The molecular weight excluding hydrogens is 188 g/mol. The van der Waals surface area contributed by atoms with Crippen LogP contribution in [0.5, 0.6) is 0 Å². The van der Waals surface area contributed by atoms with E-state index < -0.39 is 16.1 Å². The standard InChI is InChI=1S/C6H11F2NO2S/c7-6(8)4-2-1-3-5-12(9,10)11/h4H,1-3,5H2,(H2,9,10,11). The van der Waals surface area contributed by atoms with Gasteiger partial charge in [-0.3, -0.25) is 0 Å². The van der Waals surface area contributed by atoms with Gasteiger partial charge < -0.3 is 0 Å². The van der Waals surface area contributed by atoms with E-state index in [1.54, 1.807) is 0 Å². The molecule has 0 amide bonds. The summed E-state index contributed by atoms with van der Waals surface area (Å²) in [6.07, 6.45) is -0.0391. The molecule has 0 aliphatic carbocycles. The van der Waals surface area contributed by atoms with E-state index in [1.807, 2.05) is 0 Å². The summed E-state index contributed by atoms with van der Waals surface area (Å²) in [7, 11) is -3.43. The van der Waals surface area contributed by atoms with Crippen molar-refractivity contribution in [3.8, 4) is 0 Å². The normalized spacial score (nSPS) is 11.2. The van der Waals surface area contributed by atoms with Crippen molar-refractivity contribution in [3.63, 3.8) is 0 Å². The lowest BCUT2D eigenvalue weighted by atomic mass is 10.2. The van der Waals surface area contributed by atoms with Gasteiger partial charge in [-0.1, -0.05) is 0 Å². The smallest absolute Gasteiger partial charge is 0.229 e. The molecule has 0 saturated carbocycles. The maximum absolute atomic E-state index is 11.4. The predicted octanol–water partition coefficient (Wildman–Crippen LogP) is 1.23. The Morgan fingerprint density at radius 2 is 1.92 bits per heavy atom. The first-order valence-corrected chi connectivity index (χ1v) is 5.15. The van der Waals surface area contributed by atoms with Crippen molar-refractivity contribution in [2.75, 3.05) is 5.75 Å². The van der Waals surface area contributed by atoms with E-state index in [1.165, 1.54) is 0 Å². The van der Waals surface area contributed by atoms with Crippen LogP contribution in [0.15, 0.2) is 12.2 Å². The number of sulfonamides is 1. The second kappa shape index (κ2) is 5.21. The Hall–Kier alpha value is -0.490. The van der Waals surface area contributed by atoms with Gasteiger partial charge in [0.05, 0.1) is 5.75 Å². The molecule has 0 heterocycles. The molecule has 0 aromatic heterocycles. The Kier molecular flexibility index (Phi) is 5.00. The van der Waals surface area contributed by atoms with Crippen molar-refractivity contribution >= 4 is 10.0 Å². The Bertz CT molecular complexity index is 244. The monoisotopic (exact) mass is 199 g/mol. The van der Waals surface area contributed by atoms with Crippen LogP contribution < -0.4 is 5.14 Å². The van der Waals surface area contributed by atoms with Crippen molar-refractivity contribution < 1.29 is 17.2 Å². The molecule has 0 aliphatic rings. The van der Waals surface area contributed by atoms with Gasteiger partial charge >= 0.3 is 0 Å². The zero-order valence-electron chi connectivity index (χ0n) is 6.46. The molecule has 2 N–H and O–H groups in total. The molecule has 0 unspecified atom stereocenters. The van der Waals surface area contributed by atoms with Crippen LogP contribution in [0.1, 0.15) is 19.3 Å². The third-order valence-electron chi connectivity index (χ3n) is 1.18. The second-order valence-electron chi connectivity index (χ2n) is 2.36. The number of nitrogens with two attached hydrogens (primary N) is 1. The molecular formula is C6H11F2NO2S. The van der Waals surface area contributed by atoms with Gasteiger partial charge in [0.15, 0.2) is 0 Å². The van der Waals surface area contributed by atoms with Gasteiger partial charge in [-0.05, 0) is 25.3 Å². The lowest BCUT2D eigenvalue weighted by Crippen LogP contribution is -2.16. The largest absolute Gasteiger partial charge is 0.266 e. The van der Waals surface area contributed by atoms with E-state index >= 15 is 0 Å². The number of hydrogen-bond donors (Lipinski definition) is 1. The first-order chi connectivity index (χ1) is 5.42. The van der Waals surface area contributed by atoms with Crippen LogP contribution in [0.2, 0.25) is 0 Å². The van der Waals surface area contributed by atoms with Gasteiger partial charge in [0.2, 0.25) is 10.0 Å². The maximum Gasteiger partial charge on any atom is 0.266 e. The molecule has 0 spiro atoms. The fraction of sp³-hybridized carbons (Fsp3) is 0.667. The molecule has 0 aliphatic heterocycles. The maximum atomic E-state index is 11.4. The van der Waals surface area contributed by atoms with Crippen molar-refractivity contribution in [1.82, 2.24) is 0 Å². The summed E-state index contributed by atoms with van der Waals surface area (Å²) in [5.41, 5.74) is 0. The third kappa shape index (κ3) is 9.51. The average molecular weight is 199 g/mol. The summed E-state index contributed by atoms with van der Waals surface area (Å²) in [6.45, 7) is 0. The zero-order valence-corrected chi connectivity index (χ0v) is 7.28. The molecule has 0 fully saturated rings. The fourth-order valence-corrected chi connectivity index (χ4v) is 1.27.